The van der Waals surface area contributed by atoms with Gasteiger partial charge in [-0.3, -0.25) is 9.35 Å². The molecule has 0 fully saturated rings. The van der Waals surface area contributed by atoms with E-state index in [2.05, 4.69) is 16.7 Å². The van der Waals surface area contributed by atoms with E-state index in [1.165, 1.54) is 64.2 Å². The number of esters is 1. The second-order valence-corrected chi connectivity index (χ2v) is 9.61. The Labute approximate surface area is 249 Å². The van der Waals surface area contributed by atoms with Crippen molar-refractivity contribution in [3.63, 3.8) is 0 Å². The van der Waals surface area contributed by atoms with Crippen molar-refractivity contribution in [2.75, 3.05) is 13.2 Å². The summed E-state index contributed by atoms with van der Waals surface area (Å²) < 4.78 is 35.1. The van der Waals surface area contributed by atoms with Gasteiger partial charge in [-0.25, -0.2) is 0 Å². The summed E-state index contributed by atoms with van der Waals surface area (Å²) in [5.41, 5.74) is 0. The summed E-state index contributed by atoms with van der Waals surface area (Å²) in [6.45, 7) is 1.85. The minimum atomic E-state index is -4.97. The quantitative estimate of drug-likeness (QED) is 0.0401. The van der Waals surface area contributed by atoms with Crippen LogP contribution < -0.4 is 69.3 Å². The molecule has 0 saturated heterocycles. The predicted octanol–water partition coefficient (Wildman–Crippen LogP) is -3.83. The maximum Gasteiger partial charge on any atom is 1.00 e. The van der Waals surface area contributed by atoms with Crippen molar-refractivity contribution in [2.24, 2.45) is 4.99 Å². The minimum absolute atomic E-state index is 0. The smallest absolute Gasteiger partial charge is 0.862 e. The Hall–Kier alpha value is 0.320. The third-order valence-corrected chi connectivity index (χ3v) is 6.19. The Morgan fingerprint density at radius 3 is 1.71 bits per heavy atom. The summed E-state index contributed by atoms with van der Waals surface area (Å²) >= 11 is 0. The number of aliphatic imine (C=N–C) groups is 1. The zero-order valence-electron chi connectivity index (χ0n) is 21.3. The summed E-state index contributed by atoms with van der Waals surface area (Å²) in [5.74, 6) is -3.53. The van der Waals surface area contributed by atoms with Gasteiger partial charge >= 0.3 is 65.1 Å². The number of nitrogens with zero attached hydrogens (tertiary/aromatic N) is 1. The van der Waals surface area contributed by atoms with E-state index in [0.717, 1.165) is 19.3 Å². The van der Waals surface area contributed by atoms with Crippen molar-refractivity contribution in [2.45, 2.75) is 108 Å². The number of carbonyl (C=O) groups is 2. The number of carboxylic acids is 1. The van der Waals surface area contributed by atoms with Gasteiger partial charge in [0.1, 0.15) is 11.9 Å². The van der Waals surface area contributed by atoms with Crippen LogP contribution in [0, 0.1) is 0 Å². The molecule has 12 heteroatoms. The fourth-order valence-electron chi connectivity index (χ4n) is 3.22. The minimum Gasteiger partial charge on any atom is -0.862 e. The van der Waals surface area contributed by atoms with E-state index in [1.807, 2.05) is 0 Å². The summed E-state index contributed by atoms with van der Waals surface area (Å²) in [6.07, 6.45) is 15.0. The molecule has 0 aromatic heterocycles. The largest absolute Gasteiger partial charge is 1.00 e. The van der Waals surface area contributed by atoms with E-state index in [1.54, 1.807) is 0 Å². The Balaban J connectivity index is -0.00000480. The van der Waals surface area contributed by atoms with Crippen LogP contribution in [0.4, 0.5) is 0 Å². The van der Waals surface area contributed by atoms with E-state index >= 15 is 0 Å². The van der Waals surface area contributed by atoms with Gasteiger partial charge in [0.05, 0.1) is 18.9 Å². The molecule has 0 aromatic rings. The Morgan fingerprint density at radius 2 is 1.29 bits per heavy atom. The maximum atomic E-state index is 11.7. The molecular weight excluding hydrogens is 484 g/mol. The van der Waals surface area contributed by atoms with Gasteiger partial charge < -0.3 is 24.7 Å². The standard InChI is InChI=1S/C22H41NO8S.2Na/c1-2-3-4-5-6-7-8-9-10-11-12-13-14-15-20(24)23-16-17-31-21(25)18-19(22(26)27)32(28,29)30;;/h19H,2-18H2,1H3,(H,23,24)(H,26,27)(H,28,29,30);;/q;2*+1/p-2. The molecule has 34 heavy (non-hydrogen) atoms. The molecule has 1 unspecified atom stereocenters. The van der Waals surface area contributed by atoms with Crippen LogP contribution in [-0.4, -0.2) is 49.2 Å². The monoisotopic (exact) mass is 523 g/mol. The molecule has 0 aliphatic heterocycles. The zero-order valence-corrected chi connectivity index (χ0v) is 26.1. The van der Waals surface area contributed by atoms with Crippen molar-refractivity contribution in [1.82, 2.24) is 0 Å². The van der Waals surface area contributed by atoms with Crippen molar-refractivity contribution >= 4 is 28.0 Å². The van der Waals surface area contributed by atoms with Crippen molar-refractivity contribution < 1.29 is 96.6 Å². The van der Waals surface area contributed by atoms with Crippen LogP contribution >= 0.6 is 0 Å². The van der Waals surface area contributed by atoms with Crippen LogP contribution in [0.1, 0.15) is 103 Å². The van der Waals surface area contributed by atoms with Crippen molar-refractivity contribution in [3.8, 4) is 0 Å². The van der Waals surface area contributed by atoms with Crippen molar-refractivity contribution in [3.05, 3.63) is 0 Å². The second kappa shape index (κ2) is 25.0. The number of aliphatic carboxylic acids is 1. The first-order chi connectivity index (χ1) is 15.2. The normalized spacial score (nSPS) is 12.4. The Kier molecular flexibility index (Phi) is 28.5. The fourth-order valence-corrected chi connectivity index (χ4v) is 3.81. The molecule has 0 heterocycles. The average molecular weight is 524 g/mol. The number of hydrogen-bond donors (Lipinski definition) is 1. The number of carbonyl (C=O) groups excluding carboxylic acids is 2. The van der Waals surface area contributed by atoms with Gasteiger partial charge in [0, 0.05) is 0 Å². The van der Waals surface area contributed by atoms with Crippen LogP contribution in [0.5, 0.6) is 0 Å². The first-order valence-corrected chi connectivity index (χ1v) is 13.2. The summed E-state index contributed by atoms with van der Waals surface area (Å²) in [7, 11) is -4.97. The van der Waals surface area contributed by atoms with Crippen LogP contribution in [-0.2, 0) is 24.4 Å². The van der Waals surface area contributed by atoms with Gasteiger partial charge in [0.2, 0.25) is 0 Å². The molecule has 0 bridgehead atoms. The number of carboxylic acid groups (broad SMARTS) is 1. The number of ether oxygens (including phenoxy) is 1. The summed E-state index contributed by atoms with van der Waals surface area (Å²) in [5, 5.41) is 19.9. The maximum absolute atomic E-state index is 11.7. The molecule has 0 spiro atoms. The van der Waals surface area contributed by atoms with Crippen LogP contribution in [0.25, 0.3) is 0 Å². The van der Waals surface area contributed by atoms with Crippen molar-refractivity contribution in [1.29, 1.82) is 0 Å². The molecule has 9 nitrogen and oxygen atoms in total. The first kappa shape index (κ1) is 38.8. The number of hydrogen-bond acceptors (Lipinski definition) is 8. The van der Waals surface area contributed by atoms with Gasteiger partial charge in [-0.1, -0.05) is 84.0 Å². The van der Waals surface area contributed by atoms with Crippen LogP contribution in [0.3, 0.4) is 0 Å². The van der Waals surface area contributed by atoms with E-state index in [-0.39, 0.29) is 78.2 Å². The first-order valence-electron chi connectivity index (χ1n) is 11.7. The van der Waals surface area contributed by atoms with Gasteiger partial charge in [0.15, 0.2) is 0 Å². The van der Waals surface area contributed by atoms with Gasteiger partial charge in [-0.15, -0.1) is 0 Å². The molecule has 0 aliphatic carbocycles. The third kappa shape index (κ3) is 24.0. The van der Waals surface area contributed by atoms with Crippen LogP contribution in [0.2, 0.25) is 0 Å². The second-order valence-electron chi connectivity index (χ2n) is 8.02. The zero-order chi connectivity index (χ0) is 24.2. The molecular formula is C22H39NNa2O8S. The molecule has 0 aliphatic rings. The number of rotatable bonds is 21. The fraction of sp³-hybridized carbons (Fsp3) is 0.864. The molecule has 188 valence electrons. The summed E-state index contributed by atoms with van der Waals surface area (Å²) in [6, 6.07) is 0. The van der Waals surface area contributed by atoms with Crippen LogP contribution in [0.15, 0.2) is 4.99 Å². The molecule has 1 atom stereocenters. The van der Waals surface area contributed by atoms with E-state index in [0.29, 0.717) is 6.42 Å². The summed E-state index contributed by atoms with van der Waals surface area (Å²) in [4.78, 5) is 25.8. The van der Waals surface area contributed by atoms with E-state index in [4.69, 9.17) is 4.55 Å². The Bertz CT molecular complexity index is 659. The molecule has 1 N–H and O–H groups in total. The van der Waals surface area contributed by atoms with E-state index in [9.17, 15) is 28.2 Å². The van der Waals surface area contributed by atoms with Gasteiger partial charge in [-0.2, -0.15) is 8.42 Å². The third-order valence-electron chi connectivity index (χ3n) is 5.11. The van der Waals surface area contributed by atoms with E-state index < -0.39 is 33.7 Å². The molecule has 0 rings (SSSR count). The molecule has 0 amide bonds. The topological polar surface area (TPSA) is 156 Å². The number of unbranched alkanes of at least 4 members (excludes halogenated alkanes) is 12. The van der Waals surface area contributed by atoms with Gasteiger partial charge in [0.25, 0.3) is 10.1 Å². The SMILES string of the molecule is CCCCCCCCCCCCCCCC([O-])=NCCOC(=O)CC(C(=O)[O-])S(=O)(=O)O.[Na+].[Na+]. The predicted molar refractivity (Wildman–Crippen MR) is 119 cm³/mol. The van der Waals surface area contributed by atoms with Gasteiger partial charge in [-0.05, 0) is 18.7 Å². The Morgan fingerprint density at radius 1 is 0.853 bits per heavy atom. The molecule has 0 saturated carbocycles. The average Bonchev–Trinajstić information content (AvgIpc) is 2.71. The molecule has 0 aromatic carbocycles. The molecule has 0 radical (unpaired) electrons.